The summed E-state index contributed by atoms with van der Waals surface area (Å²) in [5.74, 6) is 0.287. The van der Waals surface area contributed by atoms with Crippen LogP contribution in [0.25, 0.3) is 16.6 Å². The molecule has 3 heterocycles. The van der Waals surface area contributed by atoms with Crippen molar-refractivity contribution in [2.45, 2.75) is 64.8 Å². The summed E-state index contributed by atoms with van der Waals surface area (Å²) in [6.07, 6.45) is 6.87. The van der Waals surface area contributed by atoms with E-state index in [-0.39, 0.29) is 30.7 Å². The van der Waals surface area contributed by atoms with Crippen LogP contribution in [-0.4, -0.2) is 63.8 Å². The molecule has 4 N–H and O–H groups in total. The number of aliphatic hydroxyl groups is 1. The molecule has 0 radical (unpaired) electrons. The molecule has 0 aliphatic carbocycles. The van der Waals surface area contributed by atoms with Crippen LogP contribution in [0.2, 0.25) is 0 Å². The molecule has 3 aromatic carbocycles. The van der Waals surface area contributed by atoms with E-state index in [1.54, 1.807) is 25.4 Å². The van der Waals surface area contributed by atoms with Gasteiger partial charge < -0.3 is 29.8 Å². The Kier molecular flexibility index (Phi) is 11.4. The summed E-state index contributed by atoms with van der Waals surface area (Å²) in [5.41, 5.74) is 5.19. The first-order valence-corrected chi connectivity index (χ1v) is 17.9. The molecule has 1 aliphatic heterocycles. The fraction of sp³-hybridized carbons (Fsp3) is 0.342. The molecule has 5 aromatic rings. The fourth-order valence-electron chi connectivity index (χ4n) is 6.19. The number of nitrogens with one attached hydrogen (secondary N) is 3. The van der Waals surface area contributed by atoms with Crippen LogP contribution in [0.4, 0.5) is 15.6 Å². The Hall–Kier alpha value is -4.75. The molecular formula is C38H44N6O5S. The number of hydrogen-bond acceptors (Lipinski definition) is 8. The molecule has 11 nitrogen and oxygen atoms in total. The van der Waals surface area contributed by atoms with Gasteiger partial charge in [-0.05, 0) is 79.8 Å². The van der Waals surface area contributed by atoms with Gasteiger partial charge in [-0.2, -0.15) is 0 Å². The van der Waals surface area contributed by atoms with Crippen LogP contribution in [0.15, 0.2) is 79.1 Å². The molecule has 3 amide bonds. The normalized spacial score (nSPS) is 13.9. The molecule has 1 saturated heterocycles. The first-order chi connectivity index (χ1) is 24.3. The second-order valence-electron chi connectivity index (χ2n) is 12.5. The number of methoxy groups -OCH3 is 1. The Morgan fingerprint density at radius 2 is 1.76 bits per heavy atom. The van der Waals surface area contributed by atoms with Crippen LogP contribution in [0.5, 0.6) is 10.8 Å². The molecule has 0 saturated carbocycles. The number of anilines is 2. The maximum Gasteiger partial charge on any atom is 0.319 e. The Labute approximate surface area is 296 Å². The fourth-order valence-corrected chi connectivity index (χ4v) is 6.87. The van der Waals surface area contributed by atoms with E-state index in [9.17, 15) is 14.7 Å². The molecule has 0 spiro atoms. The molecule has 0 bridgehead atoms. The third kappa shape index (κ3) is 8.51. The van der Waals surface area contributed by atoms with E-state index in [4.69, 9.17) is 9.47 Å². The van der Waals surface area contributed by atoms with Crippen molar-refractivity contribution in [3.05, 3.63) is 95.8 Å². The van der Waals surface area contributed by atoms with Crippen molar-refractivity contribution in [1.82, 2.24) is 19.8 Å². The monoisotopic (exact) mass is 696 g/mol. The molecule has 262 valence electrons. The number of thiazole rings is 1. The largest absolute Gasteiger partial charge is 0.445 e. The van der Waals surface area contributed by atoms with Gasteiger partial charge in [0.25, 0.3) is 5.91 Å². The highest BCUT2D eigenvalue weighted by atomic mass is 32.1. The average molecular weight is 697 g/mol. The van der Waals surface area contributed by atoms with E-state index >= 15 is 0 Å². The molecule has 50 heavy (non-hydrogen) atoms. The zero-order valence-corrected chi connectivity index (χ0v) is 29.5. The standard InChI is InChI=1S/C38H44N6O5S/c1-4-28(5-2)40-37(47)41-29-12-15-34(26(20-29)24-48-3)49-35-21-39-38(50-35)42-36(46)25-10-13-30(14-11-25)44-23-27(32-8-6-7-9-33(32)44)22-43-18-16-31(45)17-19-43/h6-15,20-21,23,28,31,45H,4-5,16-19,22,24H2,1-3H3,(H,39,42,46)(H2,40,41,47). The lowest BCUT2D eigenvalue weighted by molar-refractivity contribution is 0.0794. The number of fused-ring (bicyclic) bond motifs is 1. The summed E-state index contributed by atoms with van der Waals surface area (Å²) in [5, 5.41) is 20.7. The van der Waals surface area contributed by atoms with Crippen molar-refractivity contribution in [2.75, 3.05) is 30.8 Å². The Balaban J connectivity index is 1.09. The van der Waals surface area contributed by atoms with Crippen LogP contribution in [0.1, 0.15) is 61.0 Å². The van der Waals surface area contributed by atoms with Gasteiger partial charge in [0.15, 0.2) is 5.13 Å². The number of benzene rings is 3. The number of nitrogens with zero attached hydrogens (tertiary/aromatic N) is 3. The smallest absolute Gasteiger partial charge is 0.319 e. The van der Waals surface area contributed by atoms with E-state index in [2.05, 4.69) is 54.8 Å². The summed E-state index contributed by atoms with van der Waals surface area (Å²) in [6.45, 7) is 6.96. The molecule has 6 rings (SSSR count). The minimum atomic E-state index is -0.273. The van der Waals surface area contributed by atoms with Gasteiger partial charge in [-0.25, -0.2) is 9.78 Å². The Morgan fingerprint density at radius 3 is 2.50 bits per heavy atom. The highest BCUT2D eigenvalue weighted by molar-refractivity contribution is 7.17. The zero-order valence-electron chi connectivity index (χ0n) is 28.6. The molecule has 0 unspecified atom stereocenters. The first-order valence-electron chi connectivity index (χ1n) is 17.1. The summed E-state index contributed by atoms with van der Waals surface area (Å²) in [4.78, 5) is 32.4. The SMILES string of the molecule is CCC(CC)NC(=O)Nc1ccc(Oc2cnc(NC(=O)c3ccc(-n4cc(CN5CCC(O)CC5)c5ccccc54)cc3)s2)c(COC)c1. The molecule has 0 atom stereocenters. The van der Waals surface area contributed by atoms with Gasteiger partial charge >= 0.3 is 6.03 Å². The predicted molar refractivity (Wildman–Crippen MR) is 198 cm³/mol. The number of hydrogen-bond donors (Lipinski definition) is 4. The van der Waals surface area contributed by atoms with Gasteiger partial charge in [0.05, 0.1) is 24.4 Å². The van der Waals surface area contributed by atoms with Crippen LogP contribution in [0.3, 0.4) is 0 Å². The van der Waals surface area contributed by atoms with Crippen molar-refractivity contribution < 1.29 is 24.2 Å². The third-order valence-electron chi connectivity index (χ3n) is 9.01. The van der Waals surface area contributed by atoms with E-state index in [1.807, 2.05) is 50.2 Å². The maximum atomic E-state index is 13.2. The highest BCUT2D eigenvalue weighted by Gasteiger charge is 2.20. The highest BCUT2D eigenvalue weighted by Crippen LogP contribution is 2.34. The van der Waals surface area contributed by atoms with Crippen LogP contribution in [-0.2, 0) is 17.9 Å². The Morgan fingerprint density at radius 1 is 1.00 bits per heavy atom. The van der Waals surface area contributed by atoms with Gasteiger partial charge in [0.1, 0.15) is 5.75 Å². The van der Waals surface area contributed by atoms with Crippen molar-refractivity contribution in [3.8, 4) is 16.5 Å². The van der Waals surface area contributed by atoms with Crippen molar-refractivity contribution in [3.63, 3.8) is 0 Å². The summed E-state index contributed by atoms with van der Waals surface area (Å²) >= 11 is 1.21. The lowest BCUT2D eigenvalue weighted by Crippen LogP contribution is -2.37. The lowest BCUT2D eigenvalue weighted by Gasteiger charge is -2.29. The van der Waals surface area contributed by atoms with Crippen LogP contribution >= 0.6 is 11.3 Å². The number of carbonyl (C=O) groups is 2. The van der Waals surface area contributed by atoms with Gasteiger partial charge in [0.2, 0.25) is 5.06 Å². The molecule has 1 aliphatic rings. The number of piperidine rings is 1. The summed E-state index contributed by atoms with van der Waals surface area (Å²) < 4.78 is 13.7. The summed E-state index contributed by atoms with van der Waals surface area (Å²) in [6, 6.07) is 21.1. The predicted octanol–water partition coefficient (Wildman–Crippen LogP) is 7.54. The lowest BCUT2D eigenvalue weighted by atomic mass is 10.1. The number of aromatic nitrogens is 2. The number of likely N-dealkylation sites (tertiary alicyclic amines) is 1. The van der Waals surface area contributed by atoms with Gasteiger partial charge in [0, 0.05) is 66.9 Å². The molecule has 1 fully saturated rings. The third-order valence-corrected chi connectivity index (χ3v) is 9.80. The molecule has 2 aromatic heterocycles. The van der Waals surface area contributed by atoms with E-state index in [0.29, 0.717) is 27.2 Å². The number of urea groups is 1. The number of amides is 3. The van der Waals surface area contributed by atoms with Crippen molar-refractivity contribution in [2.24, 2.45) is 0 Å². The number of aliphatic hydroxyl groups excluding tert-OH is 1. The minimum absolute atomic E-state index is 0.114. The number of rotatable bonds is 13. The number of carbonyl (C=O) groups excluding carboxylic acids is 2. The molecule has 12 heteroatoms. The second-order valence-corrected chi connectivity index (χ2v) is 13.5. The molecular weight excluding hydrogens is 653 g/mol. The minimum Gasteiger partial charge on any atom is -0.445 e. The quantitative estimate of drug-likeness (QED) is 0.100. The maximum absolute atomic E-state index is 13.2. The number of para-hydroxylation sites is 1. The van der Waals surface area contributed by atoms with Crippen LogP contribution < -0.4 is 20.7 Å². The van der Waals surface area contributed by atoms with Crippen LogP contribution in [0, 0.1) is 0 Å². The van der Waals surface area contributed by atoms with E-state index in [0.717, 1.165) is 62.1 Å². The second kappa shape index (κ2) is 16.3. The summed E-state index contributed by atoms with van der Waals surface area (Å²) in [7, 11) is 1.60. The van der Waals surface area contributed by atoms with Crippen molar-refractivity contribution >= 4 is 45.0 Å². The number of ether oxygens (including phenoxy) is 2. The average Bonchev–Trinajstić information content (AvgIpc) is 3.73. The van der Waals surface area contributed by atoms with Gasteiger partial charge in [-0.15, -0.1) is 0 Å². The van der Waals surface area contributed by atoms with E-state index < -0.39 is 0 Å². The Bertz CT molecular complexity index is 1910. The van der Waals surface area contributed by atoms with Gasteiger partial charge in [-0.3, -0.25) is 15.0 Å². The van der Waals surface area contributed by atoms with Crippen molar-refractivity contribution in [1.29, 1.82) is 0 Å². The van der Waals surface area contributed by atoms with Gasteiger partial charge in [-0.1, -0.05) is 43.4 Å². The topological polar surface area (TPSA) is 130 Å². The first kappa shape index (κ1) is 35.1. The van der Waals surface area contributed by atoms with E-state index in [1.165, 1.54) is 22.3 Å². The zero-order chi connectivity index (χ0) is 35.0.